The Bertz CT molecular complexity index is 3.25. The molecule has 0 spiro atoms. The van der Waals surface area contributed by atoms with Gasteiger partial charge in [-0.05, 0) is 0 Å². The average Bonchev–Trinajstić information content (AvgIpc) is 0. The van der Waals surface area contributed by atoms with Crippen molar-refractivity contribution in [1.82, 2.24) is 0 Å². The van der Waals surface area contributed by atoms with E-state index in [0.29, 0.717) is 0 Å². The van der Waals surface area contributed by atoms with E-state index in [4.69, 9.17) is 0 Å². The van der Waals surface area contributed by atoms with Crippen molar-refractivity contribution in [2.45, 2.75) is 22.3 Å². The summed E-state index contributed by atoms with van der Waals surface area (Å²) >= 11 is 0. The molecule has 0 N–H and O–H groups in total. The van der Waals surface area contributed by atoms with Gasteiger partial charge in [-0.2, -0.15) is 0 Å². The molecule has 0 rings (SSSR count). The minimum atomic E-state index is 0. The van der Waals surface area contributed by atoms with E-state index in [9.17, 15) is 0 Å². The summed E-state index contributed by atoms with van der Waals surface area (Å²) < 4.78 is 0. The van der Waals surface area contributed by atoms with Crippen LogP contribution in [0.15, 0.2) is 0 Å². The Labute approximate surface area is 40.4 Å². The smallest absolute Gasteiger partial charge is 0 e. The summed E-state index contributed by atoms with van der Waals surface area (Å²) in [6.45, 7) is 0. The van der Waals surface area contributed by atoms with Gasteiger partial charge in [-0.1, -0.05) is 22.3 Å². The molecule has 0 aliphatic carbocycles. The molecule has 4 heavy (non-hydrogen) atoms. The quantitative estimate of drug-likeness (QED) is 0.436. The third-order valence-electron chi connectivity index (χ3n) is 0. The topological polar surface area (TPSA) is 0 Å². The third kappa shape index (κ3) is 21.0. The van der Waals surface area contributed by atoms with Crippen molar-refractivity contribution < 1.29 is 17.4 Å². The minimum absolute atomic E-state index is 0. The van der Waals surface area contributed by atoms with Crippen LogP contribution in [0.4, 0.5) is 0 Å². The van der Waals surface area contributed by atoms with E-state index >= 15 is 0 Å². The zero-order valence-electron chi connectivity index (χ0n) is 0.408. The van der Waals surface area contributed by atoms with Gasteiger partial charge in [0.25, 0.3) is 0 Å². The number of hydrogen-bond acceptors (Lipinski definition) is 0. The molecule has 0 aliphatic rings. The summed E-state index contributed by atoms with van der Waals surface area (Å²) in [5.41, 5.74) is 0. The SMILES string of the molecule is C.C.C.[Cr]. The van der Waals surface area contributed by atoms with E-state index in [0.717, 1.165) is 0 Å². The number of rotatable bonds is 0. The molecule has 0 aromatic rings. The van der Waals surface area contributed by atoms with Crippen LogP contribution in [0.5, 0.6) is 0 Å². The van der Waals surface area contributed by atoms with Crippen LogP contribution in [-0.4, -0.2) is 0 Å². The Morgan fingerprint density at radius 2 is 0.500 bits per heavy atom. The fourth-order valence-corrected chi connectivity index (χ4v) is 0. The summed E-state index contributed by atoms with van der Waals surface area (Å²) in [6, 6.07) is 0. The molecule has 0 aliphatic heterocycles. The molecule has 0 heterocycles. The van der Waals surface area contributed by atoms with Crippen molar-refractivity contribution in [3.8, 4) is 0 Å². The van der Waals surface area contributed by atoms with Gasteiger partial charge < -0.3 is 0 Å². The van der Waals surface area contributed by atoms with Crippen LogP contribution in [0.2, 0.25) is 0 Å². The first-order chi connectivity index (χ1) is 0. The fraction of sp³-hybridized carbons (Fsp3) is 1.00. The first-order valence-corrected chi connectivity index (χ1v) is 0. The van der Waals surface area contributed by atoms with Crippen LogP contribution < -0.4 is 0 Å². The van der Waals surface area contributed by atoms with Crippen molar-refractivity contribution in [1.29, 1.82) is 0 Å². The largest absolute Gasteiger partial charge is 0.0776 e. The Kier molecular flexibility index (Phi) is 3980. The van der Waals surface area contributed by atoms with Crippen molar-refractivity contribution in [2.75, 3.05) is 0 Å². The van der Waals surface area contributed by atoms with E-state index in [1.165, 1.54) is 0 Å². The molecular weight excluding hydrogens is 88.0 g/mol. The molecule has 0 unspecified atom stereocenters. The zero-order valence-corrected chi connectivity index (χ0v) is 1.68. The molecule has 0 saturated heterocycles. The molecule has 0 aromatic heterocycles. The van der Waals surface area contributed by atoms with Gasteiger partial charge in [0.15, 0.2) is 0 Å². The van der Waals surface area contributed by atoms with Gasteiger partial charge in [-0.15, -0.1) is 0 Å². The van der Waals surface area contributed by atoms with Crippen LogP contribution in [0.25, 0.3) is 0 Å². The first kappa shape index (κ1) is 199. The zero-order chi connectivity index (χ0) is 0. The average molecular weight is 100 g/mol. The van der Waals surface area contributed by atoms with Crippen molar-refractivity contribution in [2.24, 2.45) is 0 Å². The van der Waals surface area contributed by atoms with Crippen LogP contribution >= 0.6 is 0 Å². The summed E-state index contributed by atoms with van der Waals surface area (Å²) in [4.78, 5) is 0. The molecule has 0 saturated carbocycles. The molecular formula is C3H12Cr. The minimum Gasteiger partial charge on any atom is -0.0776 e. The van der Waals surface area contributed by atoms with E-state index in [2.05, 4.69) is 0 Å². The predicted molar refractivity (Wildman–Crippen MR) is 20.2 cm³/mol. The van der Waals surface area contributed by atoms with Gasteiger partial charge >= 0.3 is 0 Å². The van der Waals surface area contributed by atoms with Crippen LogP contribution in [0.3, 0.4) is 0 Å². The fourth-order valence-electron chi connectivity index (χ4n) is 0. The van der Waals surface area contributed by atoms with E-state index < -0.39 is 0 Å². The maximum absolute atomic E-state index is 0. The third-order valence-corrected chi connectivity index (χ3v) is 0. The molecule has 30 valence electrons. The van der Waals surface area contributed by atoms with Gasteiger partial charge in [0.1, 0.15) is 0 Å². The van der Waals surface area contributed by atoms with Gasteiger partial charge in [0, 0.05) is 17.4 Å². The summed E-state index contributed by atoms with van der Waals surface area (Å²) in [6.07, 6.45) is 0. The molecule has 0 nitrogen and oxygen atoms in total. The van der Waals surface area contributed by atoms with Gasteiger partial charge in [0.2, 0.25) is 0 Å². The van der Waals surface area contributed by atoms with Crippen molar-refractivity contribution in [3.63, 3.8) is 0 Å². The van der Waals surface area contributed by atoms with Gasteiger partial charge in [-0.25, -0.2) is 0 Å². The van der Waals surface area contributed by atoms with Gasteiger partial charge in [0.05, 0.1) is 0 Å². The Hall–Kier alpha value is 0.532. The summed E-state index contributed by atoms with van der Waals surface area (Å²) in [5.74, 6) is 0. The summed E-state index contributed by atoms with van der Waals surface area (Å²) in [7, 11) is 0. The normalized spacial score (nSPS) is 0. The van der Waals surface area contributed by atoms with Crippen LogP contribution in [-0.2, 0) is 17.4 Å². The predicted octanol–water partition coefficient (Wildman–Crippen LogP) is 1.91. The Balaban J connectivity index is 0. The standard InChI is InChI=1S/3CH4.Cr/h3*1H4;. The Morgan fingerprint density at radius 3 is 0.500 bits per heavy atom. The maximum atomic E-state index is 0. The van der Waals surface area contributed by atoms with E-state index in [-0.39, 0.29) is 39.6 Å². The second-order valence-corrected chi connectivity index (χ2v) is 0. The van der Waals surface area contributed by atoms with Gasteiger partial charge in [-0.3, -0.25) is 0 Å². The second kappa shape index (κ2) is 79.9. The van der Waals surface area contributed by atoms with Crippen molar-refractivity contribution in [3.05, 3.63) is 0 Å². The monoisotopic (exact) mass is 100 g/mol. The van der Waals surface area contributed by atoms with E-state index in [1.807, 2.05) is 0 Å². The van der Waals surface area contributed by atoms with E-state index in [1.54, 1.807) is 0 Å². The molecule has 0 radical (unpaired) electrons. The first-order valence-electron chi connectivity index (χ1n) is 0. The molecule has 0 amide bonds. The molecule has 0 atom stereocenters. The Morgan fingerprint density at radius 1 is 0.500 bits per heavy atom. The van der Waals surface area contributed by atoms with Crippen molar-refractivity contribution >= 4 is 0 Å². The maximum Gasteiger partial charge on any atom is 0 e. The summed E-state index contributed by atoms with van der Waals surface area (Å²) in [5, 5.41) is 0. The molecule has 0 bridgehead atoms. The molecule has 0 fully saturated rings. The molecule has 0 aromatic carbocycles. The second-order valence-electron chi connectivity index (χ2n) is 0. The number of hydrogen-bond donors (Lipinski definition) is 0. The van der Waals surface area contributed by atoms with Crippen LogP contribution in [0, 0.1) is 0 Å². The molecule has 1 heteroatoms. The van der Waals surface area contributed by atoms with Crippen LogP contribution in [0.1, 0.15) is 22.3 Å².